The lowest BCUT2D eigenvalue weighted by atomic mass is 10.1. The number of carbonyl (C=O) groups excluding carboxylic acids is 1. The van der Waals surface area contributed by atoms with Gasteiger partial charge in [0.25, 0.3) is 0 Å². The maximum atomic E-state index is 12.1. The van der Waals surface area contributed by atoms with Gasteiger partial charge in [0, 0.05) is 18.3 Å². The Balaban J connectivity index is 2.27. The van der Waals surface area contributed by atoms with Gasteiger partial charge < -0.3 is 4.57 Å². The van der Waals surface area contributed by atoms with E-state index in [-0.39, 0.29) is 5.78 Å². The Hall–Kier alpha value is -3.11. The zero-order chi connectivity index (χ0) is 15.4. The lowest BCUT2D eigenvalue weighted by Gasteiger charge is -1.98. The summed E-state index contributed by atoms with van der Waals surface area (Å²) in [6.07, 6.45) is 3.15. The number of aromatic nitrogens is 1. The van der Waals surface area contributed by atoms with Crippen molar-refractivity contribution in [2.75, 3.05) is 0 Å². The molecule has 0 saturated heterocycles. The molecule has 4 heteroatoms. The van der Waals surface area contributed by atoms with Gasteiger partial charge in [-0.2, -0.15) is 10.5 Å². The van der Waals surface area contributed by atoms with E-state index in [0.29, 0.717) is 16.8 Å². The Kier molecular flexibility index (Phi) is 4.02. The van der Waals surface area contributed by atoms with Crippen molar-refractivity contribution in [1.82, 2.24) is 4.57 Å². The highest BCUT2D eigenvalue weighted by Gasteiger charge is 2.07. The van der Waals surface area contributed by atoms with Crippen LogP contribution in [0, 0.1) is 29.6 Å². The van der Waals surface area contributed by atoms with Gasteiger partial charge in [-0.1, -0.05) is 12.1 Å². The first kappa shape index (κ1) is 14.3. The molecule has 0 saturated carbocycles. The molecule has 0 aliphatic heterocycles. The van der Waals surface area contributed by atoms with E-state index in [2.05, 4.69) is 6.07 Å². The Labute approximate surface area is 123 Å². The first-order valence-electron chi connectivity index (χ1n) is 6.36. The maximum absolute atomic E-state index is 12.1. The molecule has 0 bridgehead atoms. The molecule has 0 aliphatic rings. The second-order valence-corrected chi connectivity index (χ2v) is 4.63. The van der Waals surface area contributed by atoms with Crippen LogP contribution in [-0.2, 0) is 7.05 Å². The Bertz CT molecular complexity index is 814. The molecule has 0 N–H and O–H groups in total. The van der Waals surface area contributed by atoms with Crippen molar-refractivity contribution < 1.29 is 4.79 Å². The van der Waals surface area contributed by atoms with Gasteiger partial charge in [0.2, 0.25) is 0 Å². The Morgan fingerprint density at radius 1 is 1.24 bits per heavy atom. The van der Waals surface area contributed by atoms with Crippen molar-refractivity contribution in [3.8, 4) is 12.1 Å². The fourth-order valence-corrected chi connectivity index (χ4v) is 2.00. The van der Waals surface area contributed by atoms with E-state index in [1.54, 1.807) is 41.0 Å². The van der Waals surface area contributed by atoms with Crippen LogP contribution in [0.3, 0.4) is 0 Å². The second kappa shape index (κ2) is 5.90. The lowest BCUT2D eigenvalue weighted by Crippen LogP contribution is -1.95. The van der Waals surface area contributed by atoms with Crippen molar-refractivity contribution in [3.05, 3.63) is 64.5 Å². The third kappa shape index (κ3) is 2.91. The predicted molar refractivity (Wildman–Crippen MR) is 79.4 cm³/mol. The van der Waals surface area contributed by atoms with E-state index < -0.39 is 0 Å². The molecular formula is C17H13N3O. The van der Waals surface area contributed by atoms with E-state index in [9.17, 15) is 4.79 Å². The number of nitriles is 2. The third-order valence-corrected chi connectivity index (χ3v) is 3.38. The van der Waals surface area contributed by atoms with Gasteiger partial charge in [-0.3, -0.25) is 4.79 Å². The molecule has 21 heavy (non-hydrogen) atoms. The molecule has 1 heterocycles. The number of allylic oxidation sites excluding steroid dienone is 1. The monoisotopic (exact) mass is 275 g/mol. The minimum Gasteiger partial charge on any atom is -0.339 e. The average Bonchev–Trinajstić information content (AvgIpc) is 2.80. The van der Waals surface area contributed by atoms with E-state index in [0.717, 1.165) is 11.3 Å². The van der Waals surface area contributed by atoms with E-state index in [4.69, 9.17) is 10.5 Å². The summed E-state index contributed by atoms with van der Waals surface area (Å²) in [4.78, 5) is 12.1. The highest BCUT2D eigenvalue weighted by molar-refractivity contribution is 6.07. The minimum atomic E-state index is -0.172. The van der Waals surface area contributed by atoms with Crippen LogP contribution in [0.5, 0.6) is 0 Å². The van der Waals surface area contributed by atoms with Crippen molar-refractivity contribution in [2.45, 2.75) is 6.92 Å². The molecule has 2 aromatic rings. The normalized spacial score (nSPS) is 10.3. The van der Waals surface area contributed by atoms with Gasteiger partial charge in [0.15, 0.2) is 5.78 Å². The number of rotatable bonds is 3. The number of carbonyl (C=O) groups is 1. The molecule has 0 fully saturated rings. The van der Waals surface area contributed by atoms with Crippen LogP contribution in [0.25, 0.3) is 6.08 Å². The number of ketones is 1. The summed E-state index contributed by atoms with van der Waals surface area (Å²) in [5.41, 5.74) is 3.22. The van der Waals surface area contributed by atoms with Crippen LogP contribution >= 0.6 is 0 Å². The topological polar surface area (TPSA) is 69.6 Å². The molecule has 102 valence electrons. The first-order valence-corrected chi connectivity index (χ1v) is 6.36. The largest absolute Gasteiger partial charge is 0.339 e. The Morgan fingerprint density at radius 3 is 2.62 bits per heavy atom. The van der Waals surface area contributed by atoms with Crippen molar-refractivity contribution in [3.63, 3.8) is 0 Å². The lowest BCUT2D eigenvalue weighted by molar-refractivity contribution is 0.104. The maximum Gasteiger partial charge on any atom is 0.185 e. The molecule has 1 aromatic carbocycles. The van der Waals surface area contributed by atoms with Gasteiger partial charge in [-0.15, -0.1) is 0 Å². The third-order valence-electron chi connectivity index (χ3n) is 3.38. The summed E-state index contributed by atoms with van der Waals surface area (Å²) < 4.78 is 1.78. The van der Waals surface area contributed by atoms with Crippen molar-refractivity contribution in [2.24, 2.45) is 7.05 Å². The molecule has 0 radical (unpaired) electrons. The highest BCUT2D eigenvalue weighted by atomic mass is 16.1. The molecule has 2 rings (SSSR count). The SMILES string of the molecule is Cc1c(/C=C/C(=O)c2cccc(C#N)c2)cc(C#N)n1C. The molecule has 4 nitrogen and oxygen atoms in total. The summed E-state index contributed by atoms with van der Waals surface area (Å²) in [7, 11) is 1.81. The van der Waals surface area contributed by atoms with Gasteiger partial charge >= 0.3 is 0 Å². The van der Waals surface area contributed by atoms with Crippen LogP contribution in [0.15, 0.2) is 36.4 Å². The van der Waals surface area contributed by atoms with Crippen LogP contribution in [0.4, 0.5) is 0 Å². The smallest absolute Gasteiger partial charge is 0.185 e. The van der Waals surface area contributed by atoms with Gasteiger partial charge in [0.1, 0.15) is 11.8 Å². The van der Waals surface area contributed by atoms with E-state index in [1.807, 2.05) is 20.0 Å². The van der Waals surface area contributed by atoms with Gasteiger partial charge in [-0.05, 0) is 42.8 Å². The van der Waals surface area contributed by atoms with E-state index >= 15 is 0 Å². The van der Waals surface area contributed by atoms with Gasteiger partial charge in [0.05, 0.1) is 11.6 Å². The molecule has 0 atom stereocenters. The van der Waals surface area contributed by atoms with Crippen molar-refractivity contribution in [1.29, 1.82) is 10.5 Å². The first-order chi connectivity index (χ1) is 10.1. The van der Waals surface area contributed by atoms with Crippen LogP contribution in [0.2, 0.25) is 0 Å². The average molecular weight is 275 g/mol. The number of hydrogen-bond donors (Lipinski definition) is 0. The van der Waals surface area contributed by atoms with Crippen LogP contribution in [-0.4, -0.2) is 10.4 Å². The molecule has 0 aliphatic carbocycles. The zero-order valence-corrected chi connectivity index (χ0v) is 11.8. The quantitative estimate of drug-likeness (QED) is 0.638. The predicted octanol–water partition coefficient (Wildman–Crippen LogP) is 2.97. The summed E-state index contributed by atoms with van der Waals surface area (Å²) in [5.74, 6) is -0.172. The van der Waals surface area contributed by atoms with Crippen LogP contribution < -0.4 is 0 Å². The summed E-state index contributed by atoms with van der Waals surface area (Å²) in [6.45, 7) is 1.89. The fraction of sp³-hybridized carbons (Fsp3) is 0.118. The minimum absolute atomic E-state index is 0.172. The number of hydrogen-bond acceptors (Lipinski definition) is 3. The molecule has 1 aromatic heterocycles. The Morgan fingerprint density at radius 2 is 2.00 bits per heavy atom. The number of nitrogens with zero attached hydrogens (tertiary/aromatic N) is 3. The summed E-state index contributed by atoms with van der Waals surface area (Å²) in [5, 5.41) is 17.8. The molecule has 0 unspecified atom stereocenters. The molecule has 0 amide bonds. The summed E-state index contributed by atoms with van der Waals surface area (Å²) in [6, 6.07) is 12.4. The van der Waals surface area contributed by atoms with Crippen LogP contribution in [0.1, 0.15) is 32.9 Å². The summed E-state index contributed by atoms with van der Waals surface area (Å²) >= 11 is 0. The second-order valence-electron chi connectivity index (χ2n) is 4.63. The van der Waals surface area contributed by atoms with E-state index in [1.165, 1.54) is 6.08 Å². The van der Waals surface area contributed by atoms with Gasteiger partial charge in [-0.25, -0.2) is 0 Å². The molecule has 0 spiro atoms. The zero-order valence-electron chi connectivity index (χ0n) is 11.8. The number of benzene rings is 1. The standard InChI is InChI=1S/C17H13N3O/c1-12-14(9-16(11-19)20(12)2)6-7-17(21)15-5-3-4-13(8-15)10-18/h3-9H,1-2H3/b7-6+. The highest BCUT2D eigenvalue weighted by Crippen LogP contribution is 2.15. The fourth-order valence-electron chi connectivity index (χ4n) is 2.00. The molecular weight excluding hydrogens is 262 g/mol. The van der Waals surface area contributed by atoms with Crippen molar-refractivity contribution >= 4 is 11.9 Å².